The fourth-order valence-corrected chi connectivity index (χ4v) is 2.61. The fourth-order valence-electron chi connectivity index (χ4n) is 2.61. The Morgan fingerprint density at radius 1 is 1.55 bits per heavy atom. The molecule has 2 rings (SSSR count). The van der Waals surface area contributed by atoms with Crippen molar-refractivity contribution >= 4 is 11.5 Å². The standard InChI is InChI=1S/C16H20N2O2/c1-4-14-10-20-11(2)9-18(14)16-7-13(8-17)5-6-15(16)12(3)19/h5-7,11,14H,4,9-10H2,1-3H3. The topological polar surface area (TPSA) is 53.3 Å². The van der Waals surface area contributed by atoms with Crippen LogP contribution in [0.15, 0.2) is 18.2 Å². The van der Waals surface area contributed by atoms with Gasteiger partial charge >= 0.3 is 0 Å². The molecule has 1 saturated heterocycles. The average molecular weight is 272 g/mol. The quantitative estimate of drug-likeness (QED) is 0.794. The van der Waals surface area contributed by atoms with Crippen molar-refractivity contribution in [1.82, 2.24) is 0 Å². The van der Waals surface area contributed by atoms with E-state index in [9.17, 15) is 4.79 Å². The smallest absolute Gasteiger partial charge is 0.161 e. The van der Waals surface area contributed by atoms with Gasteiger partial charge < -0.3 is 9.64 Å². The molecule has 20 heavy (non-hydrogen) atoms. The van der Waals surface area contributed by atoms with Gasteiger partial charge in [0.05, 0.1) is 30.4 Å². The number of nitriles is 1. The molecule has 1 heterocycles. The van der Waals surface area contributed by atoms with E-state index in [1.54, 1.807) is 19.1 Å². The second kappa shape index (κ2) is 6.06. The van der Waals surface area contributed by atoms with Crippen molar-refractivity contribution in [2.45, 2.75) is 39.3 Å². The average Bonchev–Trinajstić information content (AvgIpc) is 2.46. The number of ether oxygens (including phenoxy) is 1. The number of rotatable bonds is 3. The molecule has 4 nitrogen and oxygen atoms in total. The van der Waals surface area contributed by atoms with Crippen LogP contribution < -0.4 is 4.90 Å². The maximum atomic E-state index is 11.8. The number of carbonyl (C=O) groups excluding carboxylic acids is 1. The summed E-state index contributed by atoms with van der Waals surface area (Å²) < 4.78 is 5.70. The van der Waals surface area contributed by atoms with Crippen LogP contribution in [0, 0.1) is 11.3 Å². The SMILES string of the molecule is CCC1COC(C)CN1c1cc(C#N)ccc1C(C)=O. The van der Waals surface area contributed by atoms with Gasteiger partial charge in [-0.1, -0.05) is 6.92 Å². The molecule has 0 radical (unpaired) electrons. The summed E-state index contributed by atoms with van der Waals surface area (Å²) in [5.41, 5.74) is 2.12. The molecule has 0 N–H and O–H groups in total. The highest BCUT2D eigenvalue weighted by Crippen LogP contribution is 2.28. The summed E-state index contributed by atoms with van der Waals surface area (Å²) in [4.78, 5) is 14.1. The number of carbonyl (C=O) groups is 1. The lowest BCUT2D eigenvalue weighted by atomic mass is 10.0. The monoisotopic (exact) mass is 272 g/mol. The second-order valence-electron chi connectivity index (χ2n) is 5.26. The van der Waals surface area contributed by atoms with Crippen LogP contribution in [0.5, 0.6) is 0 Å². The van der Waals surface area contributed by atoms with Crippen LogP contribution in [0.25, 0.3) is 0 Å². The molecule has 0 aliphatic carbocycles. The summed E-state index contributed by atoms with van der Waals surface area (Å²) in [6, 6.07) is 7.67. The lowest BCUT2D eigenvalue weighted by Crippen LogP contribution is -2.49. The van der Waals surface area contributed by atoms with Crippen LogP contribution in [-0.2, 0) is 4.74 Å². The van der Waals surface area contributed by atoms with E-state index in [4.69, 9.17) is 10.00 Å². The zero-order valence-electron chi connectivity index (χ0n) is 12.2. The molecule has 0 bridgehead atoms. The molecule has 0 amide bonds. The minimum Gasteiger partial charge on any atom is -0.375 e. The predicted molar refractivity (Wildman–Crippen MR) is 78.0 cm³/mol. The molecule has 0 spiro atoms. The summed E-state index contributed by atoms with van der Waals surface area (Å²) in [5.74, 6) is 0.0264. The van der Waals surface area contributed by atoms with Crippen LogP contribution in [-0.4, -0.2) is 31.1 Å². The van der Waals surface area contributed by atoms with E-state index in [-0.39, 0.29) is 17.9 Å². The predicted octanol–water partition coefficient (Wildman–Crippen LogP) is 2.76. The number of ketones is 1. The minimum absolute atomic E-state index is 0.0264. The van der Waals surface area contributed by atoms with E-state index in [0.29, 0.717) is 17.7 Å². The van der Waals surface area contributed by atoms with Crippen molar-refractivity contribution in [2.24, 2.45) is 0 Å². The molecule has 1 fully saturated rings. The van der Waals surface area contributed by atoms with Crippen molar-refractivity contribution in [2.75, 3.05) is 18.1 Å². The molecule has 2 atom stereocenters. The van der Waals surface area contributed by atoms with Gasteiger partial charge in [-0.3, -0.25) is 4.79 Å². The number of hydrogen-bond acceptors (Lipinski definition) is 4. The number of morpholine rings is 1. The maximum absolute atomic E-state index is 11.8. The summed E-state index contributed by atoms with van der Waals surface area (Å²) in [5, 5.41) is 9.09. The molecule has 2 unspecified atom stereocenters. The Balaban J connectivity index is 2.47. The van der Waals surface area contributed by atoms with Gasteiger partial charge in [0.15, 0.2) is 5.78 Å². The van der Waals surface area contributed by atoms with Crippen LogP contribution in [0.4, 0.5) is 5.69 Å². The lowest BCUT2D eigenvalue weighted by Gasteiger charge is -2.40. The Morgan fingerprint density at radius 3 is 2.90 bits per heavy atom. The Kier molecular flexibility index (Phi) is 4.41. The molecule has 1 aromatic carbocycles. The number of hydrogen-bond donors (Lipinski definition) is 0. The van der Waals surface area contributed by atoms with Gasteiger partial charge in [0.25, 0.3) is 0 Å². The highest BCUT2D eigenvalue weighted by atomic mass is 16.5. The summed E-state index contributed by atoms with van der Waals surface area (Å²) in [7, 11) is 0. The Bertz CT molecular complexity index is 548. The minimum atomic E-state index is 0.0264. The number of anilines is 1. The molecule has 1 aliphatic rings. The zero-order valence-corrected chi connectivity index (χ0v) is 12.2. The van der Waals surface area contributed by atoms with Crippen molar-refractivity contribution < 1.29 is 9.53 Å². The van der Waals surface area contributed by atoms with Gasteiger partial charge in [0, 0.05) is 17.8 Å². The first kappa shape index (κ1) is 14.5. The Hall–Kier alpha value is -1.86. The molecule has 1 aromatic rings. The first-order chi connectivity index (χ1) is 9.56. The maximum Gasteiger partial charge on any atom is 0.161 e. The van der Waals surface area contributed by atoms with Crippen LogP contribution in [0.3, 0.4) is 0 Å². The molecule has 0 saturated carbocycles. The normalized spacial score (nSPS) is 22.4. The highest BCUT2D eigenvalue weighted by Gasteiger charge is 2.28. The molecule has 4 heteroatoms. The first-order valence-electron chi connectivity index (χ1n) is 7.00. The molecule has 1 aliphatic heterocycles. The Labute approximate surface area is 120 Å². The molecule has 106 valence electrons. The van der Waals surface area contributed by atoms with E-state index in [2.05, 4.69) is 17.9 Å². The third-order valence-corrected chi connectivity index (χ3v) is 3.75. The summed E-state index contributed by atoms with van der Waals surface area (Å²) in [6.45, 7) is 7.11. The van der Waals surface area contributed by atoms with Crippen molar-refractivity contribution in [3.8, 4) is 6.07 Å². The van der Waals surface area contributed by atoms with Gasteiger partial charge in [-0.2, -0.15) is 5.26 Å². The van der Waals surface area contributed by atoms with Crippen LogP contribution in [0.2, 0.25) is 0 Å². The Morgan fingerprint density at radius 2 is 2.30 bits per heavy atom. The van der Waals surface area contributed by atoms with Crippen LogP contribution >= 0.6 is 0 Å². The number of benzene rings is 1. The van der Waals surface area contributed by atoms with Crippen LogP contribution in [0.1, 0.15) is 43.1 Å². The third-order valence-electron chi connectivity index (χ3n) is 3.75. The summed E-state index contributed by atoms with van der Waals surface area (Å²) in [6.07, 6.45) is 1.07. The zero-order chi connectivity index (χ0) is 14.7. The third kappa shape index (κ3) is 2.83. The van der Waals surface area contributed by atoms with Crippen molar-refractivity contribution in [3.05, 3.63) is 29.3 Å². The van der Waals surface area contributed by atoms with Gasteiger partial charge in [-0.25, -0.2) is 0 Å². The van der Waals surface area contributed by atoms with Gasteiger partial charge in [-0.05, 0) is 38.5 Å². The van der Waals surface area contributed by atoms with E-state index in [0.717, 1.165) is 18.7 Å². The summed E-state index contributed by atoms with van der Waals surface area (Å²) >= 11 is 0. The highest BCUT2D eigenvalue weighted by molar-refractivity contribution is 6.00. The number of nitrogens with zero attached hydrogens (tertiary/aromatic N) is 2. The van der Waals surface area contributed by atoms with E-state index in [1.165, 1.54) is 0 Å². The second-order valence-corrected chi connectivity index (χ2v) is 5.26. The molecule has 0 aromatic heterocycles. The van der Waals surface area contributed by atoms with Gasteiger partial charge in [0.2, 0.25) is 0 Å². The van der Waals surface area contributed by atoms with E-state index in [1.807, 2.05) is 13.0 Å². The largest absolute Gasteiger partial charge is 0.375 e. The molecular formula is C16H20N2O2. The number of Topliss-reactive ketones (excluding diaryl/α,β-unsaturated/α-hetero) is 1. The first-order valence-corrected chi connectivity index (χ1v) is 7.00. The van der Waals surface area contributed by atoms with Crippen molar-refractivity contribution in [3.63, 3.8) is 0 Å². The van der Waals surface area contributed by atoms with Gasteiger partial charge in [0.1, 0.15) is 0 Å². The van der Waals surface area contributed by atoms with Crippen molar-refractivity contribution in [1.29, 1.82) is 5.26 Å². The van der Waals surface area contributed by atoms with Gasteiger partial charge in [-0.15, -0.1) is 0 Å². The van der Waals surface area contributed by atoms with E-state index < -0.39 is 0 Å². The molecular weight excluding hydrogens is 252 g/mol. The van der Waals surface area contributed by atoms with E-state index >= 15 is 0 Å². The fraction of sp³-hybridized carbons (Fsp3) is 0.500. The lowest BCUT2D eigenvalue weighted by molar-refractivity contribution is 0.0299.